The molecule has 1 aromatic carbocycles. The first-order valence-corrected chi connectivity index (χ1v) is 8.61. The van der Waals surface area contributed by atoms with Gasteiger partial charge in [0.05, 0.1) is 11.9 Å². The van der Waals surface area contributed by atoms with Gasteiger partial charge in [-0.1, -0.05) is 40.2 Å². The van der Waals surface area contributed by atoms with E-state index in [0.29, 0.717) is 6.54 Å². The van der Waals surface area contributed by atoms with E-state index in [-0.39, 0.29) is 0 Å². The number of allylic oxidation sites excluding steroid dienone is 1. The lowest BCUT2D eigenvalue weighted by Crippen LogP contribution is -2.09. The van der Waals surface area contributed by atoms with Crippen molar-refractivity contribution >= 4 is 33.6 Å². The summed E-state index contributed by atoms with van der Waals surface area (Å²) < 4.78 is 2.82. The molecule has 0 bridgehead atoms. The Balaban J connectivity index is 1.92. The quantitative estimate of drug-likeness (QED) is 0.613. The number of rotatable bonds is 6. The van der Waals surface area contributed by atoms with E-state index in [0.717, 1.165) is 32.8 Å². The Bertz CT molecular complexity index is 955. The molecule has 2 heterocycles. The number of aromatic nitrogens is 3. The molecular weight excluding hydrogens is 378 g/mol. The predicted molar refractivity (Wildman–Crippen MR) is 107 cm³/mol. The van der Waals surface area contributed by atoms with Crippen LogP contribution in [0.5, 0.6) is 0 Å². The van der Waals surface area contributed by atoms with Gasteiger partial charge >= 0.3 is 0 Å². The lowest BCUT2D eigenvalue weighted by molar-refractivity contribution is 0.935. The molecule has 0 amide bonds. The number of nitrogens with one attached hydrogen (secondary N) is 1. The Morgan fingerprint density at radius 2 is 2.24 bits per heavy atom. The van der Waals surface area contributed by atoms with Gasteiger partial charge in [-0.3, -0.25) is 4.99 Å². The second-order valence-corrected chi connectivity index (χ2v) is 6.40. The molecule has 126 valence electrons. The summed E-state index contributed by atoms with van der Waals surface area (Å²) in [7, 11) is 0. The molecular formula is C19H18BrN5. The van der Waals surface area contributed by atoms with Crippen molar-refractivity contribution in [1.29, 1.82) is 0 Å². The molecule has 0 atom stereocenters. The highest BCUT2D eigenvalue weighted by atomic mass is 79.9. The van der Waals surface area contributed by atoms with Crippen LogP contribution in [0.15, 0.2) is 76.5 Å². The number of halogens is 1. The summed E-state index contributed by atoms with van der Waals surface area (Å²) in [6.45, 7) is 6.28. The molecule has 0 aliphatic rings. The first-order chi connectivity index (χ1) is 12.2. The minimum Gasteiger partial charge on any atom is -0.366 e. The van der Waals surface area contributed by atoms with E-state index in [4.69, 9.17) is 0 Å². The van der Waals surface area contributed by atoms with Crippen LogP contribution in [0.1, 0.15) is 6.92 Å². The lowest BCUT2D eigenvalue weighted by atomic mass is 10.1. The van der Waals surface area contributed by atoms with Crippen molar-refractivity contribution in [3.63, 3.8) is 0 Å². The molecule has 0 radical (unpaired) electrons. The zero-order valence-electron chi connectivity index (χ0n) is 13.9. The molecule has 0 unspecified atom stereocenters. The maximum atomic E-state index is 4.69. The van der Waals surface area contributed by atoms with Crippen LogP contribution in [0.4, 0.5) is 5.82 Å². The van der Waals surface area contributed by atoms with Gasteiger partial charge in [0.25, 0.3) is 0 Å². The highest BCUT2D eigenvalue weighted by molar-refractivity contribution is 9.10. The fourth-order valence-corrected chi connectivity index (χ4v) is 2.75. The summed E-state index contributed by atoms with van der Waals surface area (Å²) in [5.74, 6) is 0.887. The van der Waals surface area contributed by atoms with Crippen LogP contribution in [-0.4, -0.2) is 27.4 Å². The summed E-state index contributed by atoms with van der Waals surface area (Å²) >= 11 is 3.51. The fraction of sp³-hybridized carbons (Fsp3) is 0.105. The van der Waals surface area contributed by atoms with Gasteiger partial charge < -0.3 is 5.32 Å². The van der Waals surface area contributed by atoms with Crippen LogP contribution in [-0.2, 0) is 0 Å². The standard InChI is InChI=1S/C19H18BrN5/c1-3-21-9-7-14(2)13-22-19-12-17(15-5-4-6-16(20)11-15)24-18-8-10-23-25(18)19/h3-12,22H,1,13H2,2H3/b14-7+,21-9?. The van der Waals surface area contributed by atoms with E-state index in [1.807, 2.05) is 43.3 Å². The Kier molecular flexibility index (Phi) is 5.40. The van der Waals surface area contributed by atoms with Crippen LogP contribution in [0.25, 0.3) is 16.9 Å². The van der Waals surface area contributed by atoms with E-state index >= 15 is 0 Å². The van der Waals surface area contributed by atoms with Crippen LogP contribution < -0.4 is 5.32 Å². The summed E-state index contributed by atoms with van der Waals surface area (Å²) in [5.41, 5.74) is 3.89. The average Bonchev–Trinajstić information content (AvgIpc) is 3.08. The van der Waals surface area contributed by atoms with E-state index < -0.39 is 0 Å². The predicted octanol–water partition coefficient (Wildman–Crippen LogP) is 4.73. The third-order valence-electron chi connectivity index (χ3n) is 3.58. The number of anilines is 1. The summed E-state index contributed by atoms with van der Waals surface area (Å²) in [4.78, 5) is 8.66. The monoisotopic (exact) mass is 395 g/mol. The van der Waals surface area contributed by atoms with Crippen molar-refractivity contribution in [3.05, 3.63) is 71.5 Å². The van der Waals surface area contributed by atoms with Gasteiger partial charge in [0.15, 0.2) is 5.65 Å². The topological polar surface area (TPSA) is 54.6 Å². The number of fused-ring (bicyclic) bond motifs is 1. The number of nitrogens with zero attached hydrogens (tertiary/aromatic N) is 4. The van der Waals surface area contributed by atoms with Crippen LogP contribution in [0, 0.1) is 0 Å². The number of benzene rings is 1. The number of hydrogen-bond acceptors (Lipinski definition) is 4. The minimum atomic E-state index is 0.681. The molecule has 25 heavy (non-hydrogen) atoms. The number of aliphatic imine (C=N–C) groups is 1. The van der Waals surface area contributed by atoms with Crippen LogP contribution in [0.3, 0.4) is 0 Å². The van der Waals surface area contributed by atoms with E-state index in [9.17, 15) is 0 Å². The van der Waals surface area contributed by atoms with E-state index in [1.165, 1.54) is 6.20 Å². The molecule has 2 aromatic heterocycles. The maximum Gasteiger partial charge on any atom is 0.157 e. The molecule has 3 aromatic rings. The maximum absolute atomic E-state index is 4.69. The average molecular weight is 396 g/mol. The Hall–Kier alpha value is -2.73. The summed E-state index contributed by atoms with van der Waals surface area (Å²) in [6, 6.07) is 12.0. The zero-order valence-corrected chi connectivity index (χ0v) is 15.4. The molecule has 6 heteroatoms. The molecule has 0 aliphatic carbocycles. The van der Waals surface area contributed by atoms with Crippen molar-refractivity contribution in [2.24, 2.45) is 4.99 Å². The lowest BCUT2D eigenvalue weighted by Gasteiger charge is -2.11. The minimum absolute atomic E-state index is 0.681. The van der Waals surface area contributed by atoms with Gasteiger partial charge in [0.2, 0.25) is 0 Å². The molecule has 0 saturated carbocycles. The Morgan fingerprint density at radius 1 is 1.36 bits per heavy atom. The van der Waals surface area contributed by atoms with Gasteiger partial charge in [-0.05, 0) is 25.1 Å². The van der Waals surface area contributed by atoms with Crippen LogP contribution >= 0.6 is 15.9 Å². The van der Waals surface area contributed by atoms with Gasteiger partial charge in [0, 0.05) is 41.1 Å². The van der Waals surface area contributed by atoms with Crippen LogP contribution in [0.2, 0.25) is 0 Å². The summed E-state index contributed by atoms with van der Waals surface area (Å²) in [6.07, 6.45) is 6.94. The third kappa shape index (κ3) is 4.22. The molecule has 5 nitrogen and oxygen atoms in total. The molecule has 1 N–H and O–H groups in total. The van der Waals surface area contributed by atoms with Crippen molar-refractivity contribution < 1.29 is 0 Å². The third-order valence-corrected chi connectivity index (χ3v) is 4.07. The van der Waals surface area contributed by atoms with Gasteiger partial charge in [0.1, 0.15) is 5.82 Å². The highest BCUT2D eigenvalue weighted by Gasteiger charge is 2.08. The molecule has 0 fully saturated rings. The van der Waals surface area contributed by atoms with E-state index in [1.54, 1.807) is 16.9 Å². The molecule has 0 aliphatic heterocycles. The first kappa shape index (κ1) is 17.1. The van der Waals surface area contributed by atoms with E-state index in [2.05, 4.69) is 49.0 Å². The Labute approximate surface area is 155 Å². The SMILES string of the molecule is C=CN=C/C=C(\C)CNc1cc(-c2cccc(Br)c2)nc2ccnn12. The van der Waals surface area contributed by atoms with Crippen molar-refractivity contribution in [2.75, 3.05) is 11.9 Å². The zero-order chi connectivity index (χ0) is 17.6. The summed E-state index contributed by atoms with van der Waals surface area (Å²) in [5, 5.41) is 7.77. The largest absolute Gasteiger partial charge is 0.366 e. The van der Waals surface area contributed by atoms with Crippen molar-refractivity contribution in [2.45, 2.75) is 6.92 Å². The molecule has 3 rings (SSSR count). The van der Waals surface area contributed by atoms with Gasteiger partial charge in [-0.25, -0.2) is 4.98 Å². The number of hydrogen-bond donors (Lipinski definition) is 1. The van der Waals surface area contributed by atoms with Gasteiger partial charge in [-0.15, -0.1) is 0 Å². The highest BCUT2D eigenvalue weighted by Crippen LogP contribution is 2.24. The van der Waals surface area contributed by atoms with Crippen molar-refractivity contribution in [3.8, 4) is 11.3 Å². The smallest absolute Gasteiger partial charge is 0.157 e. The molecule has 0 saturated heterocycles. The molecule has 0 spiro atoms. The second-order valence-electron chi connectivity index (χ2n) is 5.49. The Morgan fingerprint density at radius 3 is 3.04 bits per heavy atom. The normalized spacial score (nSPS) is 12.0. The first-order valence-electron chi connectivity index (χ1n) is 7.82. The fourth-order valence-electron chi connectivity index (χ4n) is 2.35. The second kappa shape index (κ2) is 7.90. The van der Waals surface area contributed by atoms with Crippen molar-refractivity contribution in [1.82, 2.24) is 14.6 Å². The van der Waals surface area contributed by atoms with Gasteiger partial charge in [-0.2, -0.15) is 9.61 Å².